The maximum Gasteiger partial charge on any atom is 0.0774 e. The molecule has 1 saturated carbocycles. The van der Waals surface area contributed by atoms with Gasteiger partial charge in [0, 0.05) is 6.54 Å². The van der Waals surface area contributed by atoms with Crippen molar-refractivity contribution in [2.75, 3.05) is 19.6 Å². The number of hydrogen-bond acceptors (Lipinski definition) is 2. The number of hydrogen-bond donors (Lipinski definition) is 1. The minimum Gasteiger partial charge on any atom is -0.389 e. The van der Waals surface area contributed by atoms with Gasteiger partial charge in [-0.25, -0.2) is 0 Å². The molecule has 1 aromatic carbocycles. The van der Waals surface area contributed by atoms with Gasteiger partial charge in [-0.2, -0.15) is 0 Å². The zero-order valence-electron chi connectivity index (χ0n) is 11.7. The van der Waals surface area contributed by atoms with Crippen molar-refractivity contribution in [3.8, 4) is 0 Å². The van der Waals surface area contributed by atoms with E-state index in [-0.39, 0.29) is 5.60 Å². The molecule has 1 aromatic rings. The van der Waals surface area contributed by atoms with Crippen molar-refractivity contribution in [3.05, 3.63) is 35.9 Å². The van der Waals surface area contributed by atoms with Crippen LogP contribution in [0.1, 0.15) is 37.7 Å². The Kier molecular flexibility index (Phi) is 3.90. The van der Waals surface area contributed by atoms with Crippen LogP contribution in [0.15, 0.2) is 30.3 Å². The summed E-state index contributed by atoms with van der Waals surface area (Å²) in [4.78, 5) is 2.47. The van der Waals surface area contributed by atoms with Gasteiger partial charge in [0.2, 0.25) is 0 Å². The fourth-order valence-corrected chi connectivity index (χ4v) is 3.46. The normalized spacial score (nSPS) is 24.1. The van der Waals surface area contributed by atoms with Gasteiger partial charge in [0.25, 0.3) is 0 Å². The predicted molar refractivity (Wildman–Crippen MR) is 78.1 cm³/mol. The van der Waals surface area contributed by atoms with E-state index in [4.69, 9.17) is 0 Å². The summed E-state index contributed by atoms with van der Waals surface area (Å²) in [7, 11) is 0. The van der Waals surface area contributed by atoms with Crippen molar-refractivity contribution in [2.24, 2.45) is 5.92 Å². The molecule has 1 aliphatic carbocycles. The summed E-state index contributed by atoms with van der Waals surface area (Å²) in [6.07, 6.45) is 7.02. The quantitative estimate of drug-likeness (QED) is 0.899. The second-order valence-electron chi connectivity index (χ2n) is 6.49. The monoisotopic (exact) mass is 259 g/mol. The van der Waals surface area contributed by atoms with Crippen LogP contribution >= 0.6 is 0 Å². The van der Waals surface area contributed by atoms with Crippen LogP contribution in [-0.2, 0) is 6.42 Å². The maximum absolute atomic E-state index is 10.2. The third-order valence-electron chi connectivity index (χ3n) is 4.88. The zero-order chi connectivity index (χ0) is 13.1. The maximum atomic E-state index is 10.2. The Morgan fingerprint density at radius 3 is 2.37 bits per heavy atom. The second kappa shape index (κ2) is 5.64. The van der Waals surface area contributed by atoms with E-state index in [9.17, 15) is 5.11 Å². The molecule has 0 spiro atoms. The highest BCUT2D eigenvalue weighted by Crippen LogP contribution is 2.33. The number of nitrogens with zero attached hydrogens (tertiary/aromatic N) is 1. The first kappa shape index (κ1) is 13.1. The van der Waals surface area contributed by atoms with Crippen molar-refractivity contribution in [3.63, 3.8) is 0 Å². The van der Waals surface area contributed by atoms with E-state index >= 15 is 0 Å². The van der Waals surface area contributed by atoms with E-state index in [0.29, 0.717) is 0 Å². The molecule has 1 saturated heterocycles. The molecule has 2 nitrogen and oxygen atoms in total. The zero-order valence-corrected chi connectivity index (χ0v) is 11.7. The molecule has 1 N–H and O–H groups in total. The Hall–Kier alpha value is -0.860. The van der Waals surface area contributed by atoms with Gasteiger partial charge in [-0.1, -0.05) is 30.3 Å². The molecule has 1 aliphatic heterocycles. The fraction of sp³-hybridized carbons (Fsp3) is 0.647. The average molecular weight is 259 g/mol. The van der Waals surface area contributed by atoms with E-state index < -0.39 is 0 Å². The van der Waals surface area contributed by atoms with Gasteiger partial charge in [0.1, 0.15) is 0 Å². The lowest BCUT2D eigenvalue weighted by Gasteiger charge is -2.42. The Labute approximate surface area is 116 Å². The van der Waals surface area contributed by atoms with E-state index in [1.54, 1.807) is 0 Å². The van der Waals surface area contributed by atoms with Crippen LogP contribution in [0.4, 0.5) is 0 Å². The molecular formula is C17H25NO. The standard InChI is InChI=1S/C17H25NO/c19-17(9-4-10-17)14-18-11-7-16(8-12-18)13-15-5-2-1-3-6-15/h1-3,5-6,16,19H,4,7-14H2. The molecule has 19 heavy (non-hydrogen) atoms. The van der Waals surface area contributed by atoms with Crippen LogP contribution in [0.3, 0.4) is 0 Å². The molecule has 2 fully saturated rings. The third kappa shape index (κ3) is 3.37. The van der Waals surface area contributed by atoms with Crippen molar-refractivity contribution in [2.45, 2.75) is 44.1 Å². The summed E-state index contributed by atoms with van der Waals surface area (Å²) < 4.78 is 0. The Morgan fingerprint density at radius 2 is 1.79 bits per heavy atom. The lowest BCUT2D eigenvalue weighted by atomic mass is 9.79. The number of aliphatic hydroxyl groups is 1. The first-order chi connectivity index (χ1) is 9.23. The molecule has 2 heteroatoms. The minimum absolute atomic E-state index is 0.341. The topological polar surface area (TPSA) is 23.5 Å². The van der Waals surface area contributed by atoms with Gasteiger partial charge in [0.05, 0.1) is 5.60 Å². The fourth-order valence-electron chi connectivity index (χ4n) is 3.46. The van der Waals surface area contributed by atoms with E-state index in [0.717, 1.165) is 25.3 Å². The minimum atomic E-state index is -0.341. The summed E-state index contributed by atoms with van der Waals surface area (Å²) in [5.74, 6) is 0.828. The Morgan fingerprint density at radius 1 is 1.11 bits per heavy atom. The van der Waals surface area contributed by atoms with Gasteiger partial charge in [-0.15, -0.1) is 0 Å². The highest BCUT2D eigenvalue weighted by atomic mass is 16.3. The van der Waals surface area contributed by atoms with Crippen LogP contribution < -0.4 is 0 Å². The van der Waals surface area contributed by atoms with E-state index in [1.807, 2.05) is 0 Å². The first-order valence-electron chi connectivity index (χ1n) is 7.72. The summed E-state index contributed by atoms with van der Waals surface area (Å²) in [6, 6.07) is 10.8. The van der Waals surface area contributed by atoms with Crippen LogP contribution in [-0.4, -0.2) is 35.2 Å². The molecule has 0 unspecified atom stereocenters. The molecule has 3 rings (SSSR count). The molecular weight excluding hydrogens is 234 g/mol. The lowest BCUT2D eigenvalue weighted by molar-refractivity contribution is -0.0636. The highest BCUT2D eigenvalue weighted by molar-refractivity contribution is 5.15. The van der Waals surface area contributed by atoms with Gasteiger partial charge >= 0.3 is 0 Å². The lowest BCUT2D eigenvalue weighted by Crippen LogP contribution is -2.50. The number of rotatable bonds is 4. The van der Waals surface area contributed by atoms with E-state index in [1.165, 1.54) is 44.3 Å². The Balaban J connectivity index is 1.44. The number of likely N-dealkylation sites (tertiary alicyclic amines) is 1. The van der Waals surface area contributed by atoms with Crippen LogP contribution in [0.25, 0.3) is 0 Å². The van der Waals surface area contributed by atoms with Gasteiger partial charge in [-0.3, -0.25) is 0 Å². The van der Waals surface area contributed by atoms with Crippen molar-refractivity contribution in [1.29, 1.82) is 0 Å². The third-order valence-corrected chi connectivity index (χ3v) is 4.88. The molecule has 0 radical (unpaired) electrons. The van der Waals surface area contributed by atoms with Crippen molar-refractivity contribution in [1.82, 2.24) is 4.90 Å². The second-order valence-corrected chi connectivity index (χ2v) is 6.49. The molecule has 0 aromatic heterocycles. The van der Waals surface area contributed by atoms with Gasteiger partial charge in [-0.05, 0) is 63.1 Å². The van der Waals surface area contributed by atoms with E-state index in [2.05, 4.69) is 35.2 Å². The summed E-state index contributed by atoms with van der Waals surface area (Å²) in [5.41, 5.74) is 1.13. The predicted octanol–water partition coefficient (Wildman–Crippen LogP) is 2.86. The number of benzene rings is 1. The van der Waals surface area contributed by atoms with Crippen LogP contribution in [0.5, 0.6) is 0 Å². The largest absolute Gasteiger partial charge is 0.389 e. The number of β-amino-alcohol motifs (C(OH)–C–C–N with tert-alkyl or cyclic N) is 1. The molecule has 104 valence electrons. The summed E-state index contributed by atoms with van der Waals surface area (Å²) in [6.45, 7) is 3.24. The van der Waals surface area contributed by atoms with Gasteiger partial charge < -0.3 is 10.0 Å². The molecule has 0 amide bonds. The molecule has 0 atom stereocenters. The average Bonchev–Trinajstić information content (AvgIpc) is 2.40. The Bertz CT molecular complexity index is 391. The smallest absolute Gasteiger partial charge is 0.0774 e. The first-order valence-corrected chi connectivity index (χ1v) is 7.72. The summed E-state index contributed by atoms with van der Waals surface area (Å²) in [5, 5.41) is 10.2. The highest BCUT2D eigenvalue weighted by Gasteiger charge is 2.36. The molecule has 2 aliphatic rings. The molecule has 0 bridgehead atoms. The van der Waals surface area contributed by atoms with Crippen molar-refractivity contribution >= 4 is 0 Å². The number of piperidine rings is 1. The molecule has 1 heterocycles. The van der Waals surface area contributed by atoms with Crippen LogP contribution in [0, 0.1) is 5.92 Å². The summed E-state index contributed by atoms with van der Waals surface area (Å²) >= 11 is 0. The van der Waals surface area contributed by atoms with Crippen molar-refractivity contribution < 1.29 is 5.11 Å². The SMILES string of the molecule is OC1(CN2CCC(Cc3ccccc3)CC2)CCC1. The van der Waals surface area contributed by atoms with Crippen LogP contribution in [0.2, 0.25) is 0 Å². The van der Waals surface area contributed by atoms with Gasteiger partial charge in [0.15, 0.2) is 0 Å².